The SMILES string of the molecule is O=C(O)c1cn2c(n1)SC(c1ccccc1)c1cc(Cl)ccc1-2. The molecule has 114 valence electrons. The van der Waals surface area contributed by atoms with Crippen molar-refractivity contribution < 1.29 is 9.90 Å². The molecule has 1 aromatic heterocycles. The number of carbonyl (C=O) groups is 1. The molecule has 0 bridgehead atoms. The van der Waals surface area contributed by atoms with Crippen molar-refractivity contribution in [2.45, 2.75) is 10.4 Å². The van der Waals surface area contributed by atoms with Gasteiger partial charge in [-0.15, -0.1) is 0 Å². The Morgan fingerprint density at radius 2 is 2.00 bits per heavy atom. The summed E-state index contributed by atoms with van der Waals surface area (Å²) in [5.74, 6) is -1.03. The monoisotopic (exact) mass is 342 g/mol. The number of carboxylic acid groups (broad SMARTS) is 1. The third-order valence-corrected chi connectivity index (χ3v) is 5.25. The predicted octanol–water partition coefficient (Wildman–Crippen LogP) is 4.42. The Bertz CT molecular complexity index is 908. The lowest BCUT2D eigenvalue weighted by atomic mass is 10.0. The van der Waals surface area contributed by atoms with E-state index in [1.807, 2.05) is 41.0 Å². The van der Waals surface area contributed by atoms with Crippen molar-refractivity contribution >= 4 is 29.3 Å². The van der Waals surface area contributed by atoms with Gasteiger partial charge in [0.2, 0.25) is 0 Å². The number of fused-ring (bicyclic) bond motifs is 3. The van der Waals surface area contributed by atoms with E-state index in [4.69, 9.17) is 11.6 Å². The van der Waals surface area contributed by atoms with Crippen LogP contribution in [0.4, 0.5) is 0 Å². The maximum Gasteiger partial charge on any atom is 0.356 e. The van der Waals surface area contributed by atoms with Crippen LogP contribution >= 0.6 is 23.4 Å². The van der Waals surface area contributed by atoms with E-state index in [2.05, 4.69) is 17.1 Å². The molecule has 4 nitrogen and oxygen atoms in total. The maximum absolute atomic E-state index is 11.2. The van der Waals surface area contributed by atoms with Gasteiger partial charge in [0, 0.05) is 11.2 Å². The fraction of sp³-hybridized carbons (Fsp3) is 0.0588. The Hall–Kier alpha value is -2.24. The summed E-state index contributed by atoms with van der Waals surface area (Å²) >= 11 is 7.71. The van der Waals surface area contributed by atoms with Crippen molar-refractivity contribution in [3.05, 3.63) is 76.6 Å². The molecule has 23 heavy (non-hydrogen) atoms. The van der Waals surface area contributed by atoms with Gasteiger partial charge < -0.3 is 5.11 Å². The molecule has 0 saturated carbocycles. The summed E-state index contributed by atoms with van der Waals surface area (Å²) in [7, 11) is 0. The molecule has 0 saturated heterocycles. The molecule has 1 atom stereocenters. The molecule has 1 unspecified atom stereocenters. The van der Waals surface area contributed by atoms with Crippen molar-refractivity contribution in [1.29, 1.82) is 0 Å². The van der Waals surface area contributed by atoms with Crippen LogP contribution in [0.3, 0.4) is 0 Å². The molecule has 6 heteroatoms. The Kier molecular flexibility index (Phi) is 3.39. The lowest BCUT2D eigenvalue weighted by Crippen LogP contribution is -2.10. The van der Waals surface area contributed by atoms with Crippen LogP contribution in [0.2, 0.25) is 5.02 Å². The lowest BCUT2D eigenvalue weighted by Gasteiger charge is -2.26. The number of hydrogen-bond donors (Lipinski definition) is 1. The first-order valence-electron chi connectivity index (χ1n) is 6.97. The Balaban J connectivity index is 1.93. The van der Waals surface area contributed by atoms with E-state index in [1.165, 1.54) is 11.8 Å². The maximum atomic E-state index is 11.2. The number of imidazole rings is 1. The van der Waals surface area contributed by atoms with Crippen LogP contribution in [0.5, 0.6) is 0 Å². The molecule has 0 aliphatic carbocycles. The number of aromatic nitrogens is 2. The van der Waals surface area contributed by atoms with Crippen LogP contribution in [0.25, 0.3) is 5.69 Å². The van der Waals surface area contributed by atoms with Gasteiger partial charge in [0.15, 0.2) is 10.9 Å². The van der Waals surface area contributed by atoms with Crippen LogP contribution in [-0.4, -0.2) is 20.6 Å². The average Bonchev–Trinajstić information content (AvgIpc) is 2.99. The van der Waals surface area contributed by atoms with Gasteiger partial charge in [-0.25, -0.2) is 9.78 Å². The number of hydrogen-bond acceptors (Lipinski definition) is 3. The van der Waals surface area contributed by atoms with Gasteiger partial charge in [-0.2, -0.15) is 0 Å². The lowest BCUT2D eigenvalue weighted by molar-refractivity contribution is 0.0690. The highest BCUT2D eigenvalue weighted by atomic mass is 35.5. The van der Waals surface area contributed by atoms with E-state index < -0.39 is 5.97 Å². The molecule has 0 amide bonds. The summed E-state index contributed by atoms with van der Waals surface area (Å²) in [6, 6.07) is 15.7. The molecular weight excluding hydrogens is 332 g/mol. The zero-order valence-electron chi connectivity index (χ0n) is 11.8. The molecule has 1 aliphatic rings. The fourth-order valence-corrected chi connectivity index (χ4v) is 4.14. The highest BCUT2D eigenvalue weighted by Gasteiger charge is 2.29. The van der Waals surface area contributed by atoms with Crippen LogP contribution in [-0.2, 0) is 0 Å². The molecule has 2 heterocycles. The Labute approximate surface area is 141 Å². The Morgan fingerprint density at radius 1 is 1.22 bits per heavy atom. The summed E-state index contributed by atoms with van der Waals surface area (Å²) in [6.45, 7) is 0. The van der Waals surface area contributed by atoms with Gasteiger partial charge in [0.1, 0.15) is 0 Å². The van der Waals surface area contributed by atoms with Gasteiger partial charge in [-0.05, 0) is 29.3 Å². The number of thioether (sulfide) groups is 1. The first-order chi connectivity index (χ1) is 11.1. The average molecular weight is 343 g/mol. The normalized spacial score (nSPS) is 15.8. The van der Waals surface area contributed by atoms with Crippen LogP contribution in [0.15, 0.2) is 59.9 Å². The molecule has 0 fully saturated rings. The molecule has 0 spiro atoms. The van der Waals surface area contributed by atoms with Crippen molar-refractivity contribution in [1.82, 2.24) is 9.55 Å². The predicted molar refractivity (Wildman–Crippen MR) is 89.7 cm³/mol. The summed E-state index contributed by atoms with van der Waals surface area (Å²) < 4.78 is 1.82. The quantitative estimate of drug-likeness (QED) is 0.749. The van der Waals surface area contributed by atoms with Crippen molar-refractivity contribution in [3.63, 3.8) is 0 Å². The second kappa shape index (κ2) is 5.44. The third-order valence-electron chi connectivity index (χ3n) is 3.75. The van der Waals surface area contributed by atoms with Gasteiger partial charge in [-0.1, -0.05) is 53.7 Å². The molecule has 2 aromatic carbocycles. The standard InChI is InChI=1S/C17H11ClN2O2S/c18-11-6-7-14-12(8-11)15(10-4-2-1-3-5-10)23-17-19-13(16(21)22)9-20(14)17/h1-9,15H,(H,21,22). The van der Waals surface area contributed by atoms with Gasteiger partial charge >= 0.3 is 5.97 Å². The number of rotatable bonds is 2. The summed E-state index contributed by atoms with van der Waals surface area (Å²) in [4.78, 5) is 15.5. The topological polar surface area (TPSA) is 55.1 Å². The molecule has 1 N–H and O–H groups in total. The number of nitrogens with zero attached hydrogens (tertiary/aromatic N) is 2. The van der Waals surface area contributed by atoms with Crippen LogP contribution in [0.1, 0.15) is 26.9 Å². The largest absolute Gasteiger partial charge is 0.476 e. The van der Waals surface area contributed by atoms with Crippen molar-refractivity contribution in [2.24, 2.45) is 0 Å². The third kappa shape index (κ3) is 2.42. The van der Waals surface area contributed by atoms with Gasteiger partial charge in [0.05, 0.1) is 10.9 Å². The van der Waals surface area contributed by atoms with Crippen LogP contribution in [0, 0.1) is 0 Å². The van der Waals surface area contributed by atoms with Crippen LogP contribution < -0.4 is 0 Å². The van der Waals surface area contributed by atoms with E-state index in [0.717, 1.165) is 16.8 Å². The summed E-state index contributed by atoms with van der Waals surface area (Å²) in [5.41, 5.74) is 3.14. The van der Waals surface area contributed by atoms with E-state index >= 15 is 0 Å². The minimum absolute atomic E-state index is 0.0291. The fourth-order valence-electron chi connectivity index (χ4n) is 2.72. The molecule has 3 aromatic rings. The summed E-state index contributed by atoms with van der Waals surface area (Å²) in [5, 5.41) is 10.6. The zero-order valence-corrected chi connectivity index (χ0v) is 13.4. The summed E-state index contributed by atoms with van der Waals surface area (Å²) in [6.07, 6.45) is 1.55. The van der Waals surface area contributed by atoms with E-state index in [-0.39, 0.29) is 10.9 Å². The molecule has 1 aliphatic heterocycles. The molecule has 4 rings (SSSR count). The van der Waals surface area contributed by atoms with Crippen molar-refractivity contribution in [2.75, 3.05) is 0 Å². The minimum Gasteiger partial charge on any atom is -0.476 e. The second-order valence-corrected chi connectivity index (χ2v) is 6.70. The van der Waals surface area contributed by atoms with Gasteiger partial charge in [-0.3, -0.25) is 4.57 Å². The highest BCUT2D eigenvalue weighted by Crippen LogP contribution is 2.47. The molecule has 0 radical (unpaired) electrons. The number of carboxylic acids is 1. The van der Waals surface area contributed by atoms with Crippen molar-refractivity contribution in [3.8, 4) is 5.69 Å². The number of aromatic carboxylic acids is 1. The van der Waals surface area contributed by atoms with E-state index in [0.29, 0.717) is 10.2 Å². The number of benzene rings is 2. The highest BCUT2D eigenvalue weighted by molar-refractivity contribution is 7.99. The first kappa shape index (κ1) is 14.4. The smallest absolute Gasteiger partial charge is 0.356 e. The molecular formula is C17H11ClN2O2S. The van der Waals surface area contributed by atoms with E-state index in [9.17, 15) is 9.90 Å². The second-order valence-electron chi connectivity index (χ2n) is 5.20. The van der Waals surface area contributed by atoms with E-state index in [1.54, 1.807) is 6.20 Å². The Morgan fingerprint density at radius 3 is 2.74 bits per heavy atom. The first-order valence-corrected chi connectivity index (χ1v) is 8.23. The van der Waals surface area contributed by atoms with Gasteiger partial charge in [0.25, 0.3) is 0 Å². The minimum atomic E-state index is -1.03. The zero-order chi connectivity index (χ0) is 16.0. The number of halogens is 1.